The average Bonchev–Trinajstić information content (AvgIpc) is 2.97. The maximum absolute atomic E-state index is 10.6. The fourth-order valence-corrected chi connectivity index (χ4v) is 5.18. The third kappa shape index (κ3) is 4.00. The summed E-state index contributed by atoms with van der Waals surface area (Å²) in [6, 6.07) is 9.56. The molecule has 4 rings (SSSR count). The van der Waals surface area contributed by atoms with E-state index in [0.717, 1.165) is 24.2 Å². The second-order valence-electron chi connectivity index (χ2n) is 8.07. The Kier molecular flexibility index (Phi) is 5.44. The van der Waals surface area contributed by atoms with Crippen molar-refractivity contribution in [3.63, 3.8) is 0 Å². The summed E-state index contributed by atoms with van der Waals surface area (Å²) in [5.41, 5.74) is 2.20. The van der Waals surface area contributed by atoms with Gasteiger partial charge in [-0.2, -0.15) is 0 Å². The number of fused-ring (bicyclic) bond motifs is 1. The number of aromatic hydroxyl groups is 1. The first-order chi connectivity index (χ1) is 13.0. The Morgan fingerprint density at radius 2 is 1.93 bits per heavy atom. The van der Waals surface area contributed by atoms with Gasteiger partial charge in [0.2, 0.25) is 0 Å². The molecule has 1 fully saturated rings. The number of nitrogens with zero attached hydrogens (tertiary/aromatic N) is 2. The SMILES string of the molecule is Cc1ccc(-c2cc(O)c3c(c2)CN(C2CCN(C(C)C)CC2)CCO3)s1. The minimum atomic E-state index is 0.269. The molecule has 3 heterocycles. The molecule has 1 N–H and O–H groups in total. The molecular weight excluding hydrogens is 356 g/mol. The van der Waals surface area contributed by atoms with Gasteiger partial charge in [0.15, 0.2) is 11.5 Å². The van der Waals surface area contributed by atoms with Crippen molar-refractivity contribution in [1.82, 2.24) is 9.80 Å². The number of aryl methyl sites for hydroxylation is 1. The standard InChI is InChI=1S/C22H30N2O2S/c1-15(2)23-8-6-19(7-9-23)24-10-11-26-22-18(14-24)12-17(13-20(22)25)21-5-4-16(3)27-21/h4-5,12-13,15,19,25H,6-11,14H2,1-3H3. The zero-order valence-electron chi connectivity index (χ0n) is 16.6. The summed E-state index contributed by atoms with van der Waals surface area (Å²) in [7, 11) is 0. The number of phenols is 1. The summed E-state index contributed by atoms with van der Waals surface area (Å²) < 4.78 is 5.96. The first-order valence-electron chi connectivity index (χ1n) is 10.0. The second kappa shape index (κ2) is 7.82. The van der Waals surface area contributed by atoms with Crippen molar-refractivity contribution in [2.75, 3.05) is 26.2 Å². The van der Waals surface area contributed by atoms with Crippen molar-refractivity contribution in [2.24, 2.45) is 0 Å². The predicted octanol–water partition coefficient (Wildman–Crippen LogP) is 4.50. The van der Waals surface area contributed by atoms with Gasteiger partial charge in [-0.15, -0.1) is 11.3 Å². The summed E-state index contributed by atoms with van der Waals surface area (Å²) in [6.45, 7) is 11.5. The molecule has 2 aromatic rings. The lowest BCUT2D eigenvalue weighted by Gasteiger charge is -2.39. The first kappa shape index (κ1) is 18.8. The Morgan fingerprint density at radius 3 is 2.59 bits per heavy atom. The van der Waals surface area contributed by atoms with Gasteiger partial charge in [-0.25, -0.2) is 0 Å². The molecule has 1 aromatic carbocycles. The normalized spacial score (nSPS) is 19.7. The summed E-state index contributed by atoms with van der Waals surface area (Å²) in [5.74, 6) is 0.944. The highest BCUT2D eigenvalue weighted by molar-refractivity contribution is 7.15. The third-order valence-corrected chi connectivity index (χ3v) is 6.96. The molecular formula is C22H30N2O2S. The fraction of sp³-hybridized carbons (Fsp3) is 0.545. The van der Waals surface area contributed by atoms with Crippen LogP contribution in [-0.4, -0.2) is 53.2 Å². The topological polar surface area (TPSA) is 35.9 Å². The van der Waals surface area contributed by atoms with Gasteiger partial charge in [-0.3, -0.25) is 4.90 Å². The van der Waals surface area contributed by atoms with Crippen LogP contribution in [-0.2, 0) is 6.54 Å². The van der Waals surface area contributed by atoms with Gasteiger partial charge in [0.1, 0.15) is 6.61 Å². The maximum atomic E-state index is 10.6. The zero-order chi connectivity index (χ0) is 19.0. The number of hydrogen-bond acceptors (Lipinski definition) is 5. The molecule has 0 bridgehead atoms. The van der Waals surface area contributed by atoms with Crippen molar-refractivity contribution in [3.05, 3.63) is 34.7 Å². The highest BCUT2D eigenvalue weighted by Gasteiger charge is 2.28. The number of benzene rings is 1. The summed E-state index contributed by atoms with van der Waals surface area (Å²) in [4.78, 5) is 7.62. The van der Waals surface area contributed by atoms with E-state index in [1.54, 1.807) is 11.3 Å². The second-order valence-corrected chi connectivity index (χ2v) is 9.36. The van der Waals surface area contributed by atoms with Crippen LogP contribution in [0.5, 0.6) is 11.5 Å². The molecule has 0 aliphatic carbocycles. The highest BCUT2D eigenvalue weighted by atomic mass is 32.1. The summed E-state index contributed by atoms with van der Waals surface area (Å²) in [5, 5.41) is 10.6. The van der Waals surface area contributed by atoms with E-state index in [4.69, 9.17) is 4.74 Å². The number of hydrogen-bond donors (Lipinski definition) is 1. The van der Waals surface area contributed by atoms with Gasteiger partial charge in [0.05, 0.1) is 0 Å². The molecule has 2 aliphatic rings. The Hall–Kier alpha value is -1.56. The minimum Gasteiger partial charge on any atom is -0.504 e. The van der Waals surface area contributed by atoms with Crippen LogP contribution in [0.3, 0.4) is 0 Å². The van der Waals surface area contributed by atoms with Crippen molar-refractivity contribution in [3.8, 4) is 21.9 Å². The molecule has 1 saturated heterocycles. The lowest BCUT2D eigenvalue weighted by atomic mass is 10.0. The van der Waals surface area contributed by atoms with Gasteiger partial charge < -0.3 is 14.7 Å². The van der Waals surface area contributed by atoms with E-state index in [2.05, 4.69) is 48.8 Å². The Bertz CT molecular complexity index is 794. The quantitative estimate of drug-likeness (QED) is 0.843. The van der Waals surface area contributed by atoms with E-state index < -0.39 is 0 Å². The smallest absolute Gasteiger partial charge is 0.165 e. The van der Waals surface area contributed by atoms with Gasteiger partial charge in [-0.05, 0) is 76.5 Å². The number of thiophene rings is 1. The number of piperidine rings is 1. The lowest BCUT2D eigenvalue weighted by Crippen LogP contribution is -2.47. The van der Waals surface area contributed by atoms with Crippen LogP contribution in [0.2, 0.25) is 0 Å². The molecule has 27 heavy (non-hydrogen) atoms. The van der Waals surface area contributed by atoms with E-state index in [1.807, 2.05) is 6.07 Å². The third-order valence-electron chi connectivity index (χ3n) is 5.92. The molecule has 0 atom stereocenters. The maximum Gasteiger partial charge on any atom is 0.165 e. The number of ether oxygens (including phenoxy) is 1. The summed E-state index contributed by atoms with van der Waals surface area (Å²) >= 11 is 1.77. The monoisotopic (exact) mass is 386 g/mol. The molecule has 0 spiro atoms. The molecule has 0 amide bonds. The van der Waals surface area contributed by atoms with E-state index in [9.17, 15) is 5.11 Å². The molecule has 1 aromatic heterocycles. The number of likely N-dealkylation sites (tertiary alicyclic amines) is 1. The van der Waals surface area contributed by atoms with Crippen LogP contribution in [0.1, 0.15) is 37.1 Å². The van der Waals surface area contributed by atoms with Gasteiger partial charge in [0, 0.05) is 40.5 Å². The molecule has 146 valence electrons. The van der Waals surface area contributed by atoms with E-state index in [0.29, 0.717) is 24.4 Å². The Morgan fingerprint density at radius 1 is 1.15 bits per heavy atom. The zero-order valence-corrected chi connectivity index (χ0v) is 17.4. The highest BCUT2D eigenvalue weighted by Crippen LogP contribution is 2.40. The molecule has 0 unspecified atom stereocenters. The molecule has 2 aliphatic heterocycles. The molecule has 4 nitrogen and oxygen atoms in total. The average molecular weight is 387 g/mol. The fourth-order valence-electron chi connectivity index (χ4n) is 4.33. The van der Waals surface area contributed by atoms with Crippen LogP contribution >= 0.6 is 11.3 Å². The van der Waals surface area contributed by atoms with Crippen molar-refractivity contribution in [2.45, 2.75) is 52.2 Å². The molecule has 5 heteroatoms. The minimum absolute atomic E-state index is 0.269. The Balaban J connectivity index is 1.55. The number of phenolic OH excluding ortho intramolecular Hbond substituents is 1. The van der Waals surface area contributed by atoms with Crippen molar-refractivity contribution < 1.29 is 9.84 Å². The summed E-state index contributed by atoms with van der Waals surface area (Å²) in [6.07, 6.45) is 2.42. The first-order valence-corrected chi connectivity index (χ1v) is 10.9. The van der Waals surface area contributed by atoms with E-state index >= 15 is 0 Å². The van der Waals surface area contributed by atoms with E-state index in [-0.39, 0.29) is 5.75 Å². The lowest BCUT2D eigenvalue weighted by molar-refractivity contribution is 0.0832. The number of rotatable bonds is 3. The van der Waals surface area contributed by atoms with Crippen molar-refractivity contribution in [1.29, 1.82) is 0 Å². The van der Waals surface area contributed by atoms with Crippen LogP contribution < -0.4 is 4.74 Å². The van der Waals surface area contributed by atoms with Crippen LogP contribution in [0.15, 0.2) is 24.3 Å². The van der Waals surface area contributed by atoms with Crippen molar-refractivity contribution >= 4 is 11.3 Å². The molecule has 0 saturated carbocycles. The Labute approximate surface area is 166 Å². The van der Waals surface area contributed by atoms with Gasteiger partial charge in [0.25, 0.3) is 0 Å². The largest absolute Gasteiger partial charge is 0.504 e. The van der Waals surface area contributed by atoms with E-state index in [1.165, 1.54) is 35.7 Å². The van der Waals surface area contributed by atoms with Gasteiger partial charge >= 0.3 is 0 Å². The van der Waals surface area contributed by atoms with Crippen LogP contribution in [0.4, 0.5) is 0 Å². The predicted molar refractivity (Wildman–Crippen MR) is 112 cm³/mol. The molecule has 0 radical (unpaired) electrons. The van der Waals surface area contributed by atoms with Gasteiger partial charge in [-0.1, -0.05) is 0 Å². The van der Waals surface area contributed by atoms with Crippen LogP contribution in [0.25, 0.3) is 10.4 Å². The van der Waals surface area contributed by atoms with Crippen LogP contribution in [0, 0.1) is 6.92 Å².